The molecule has 0 bridgehead atoms. The second kappa shape index (κ2) is 12.3. The third kappa shape index (κ3) is 49.5. The first-order valence-electron chi connectivity index (χ1n) is 5.28. The van der Waals surface area contributed by atoms with Crippen LogP contribution in [0.1, 0.15) is 0 Å². The van der Waals surface area contributed by atoms with Crippen LogP contribution in [0.25, 0.3) is 0 Å². The average Bonchev–Trinajstić information content (AvgIpc) is 2.18. The average molecular weight is 411 g/mol. The first-order chi connectivity index (χ1) is 10.2. The first kappa shape index (κ1) is 28.7. The monoisotopic (exact) mass is 411 g/mol. The van der Waals surface area contributed by atoms with Crippen molar-refractivity contribution in [2.45, 2.75) is 0 Å². The molecule has 1 aromatic carbocycles. The molecule has 138 valence electrons. The number of rotatable bonds is 0. The maximum atomic E-state index is 12.5. The van der Waals surface area contributed by atoms with Gasteiger partial charge in [0, 0.05) is 0 Å². The van der Waals surface area contributed by atoms with E-state index in [1.165, 1.54) is 18.2 Å². The van der Waals surface area contributed by atoms with E-state index in [0.717, 1.165) is 0 Å². The number of benzene rings is 1. The molecular formula is C6H4B3F13KO-3. The van der Waals surface area contributed by atoms with Crippen molar-refractivity contribution in [3.8, 4) is 5.75 Å². The fraction of sp³-hybridized carbons (Fsp3) is 0. The molecule has 1 rings (SSSR count). The summed E-state index contributed by atoms with van der Waals surface area (Å²) in [5.41, 5.74) is 0. The van der Waals surface area contributed by atoms with Gasteiger partial charge in [-0.1, -0.05) is 0 Å². The van der Waals surface area contributed by atoms with Crippen LogP contribution in [0.5, 0.6) is 5.75 Å². The Kier molecular flexibility index (Phi) is 14.7. The Bertz CT molecular complexity index is 392. The fourth-order valence-electron chi connectivity index (χ4n) is 0.596. The number of phenols is 1. The number of hydrogen-bond donors (Lipinski definition) is 1. The summed E-state index contributed by atoms with van der Waals surface area (Å²) in [5.74, 6) is -0.190. The molecule has 0 fully saturated rings. The first-order valence-corrected chi connectivity index (χ1v) is 6.84. The Hall–Kier alpha value is -0.0588. The molecule has 0 aromatic heterocycles. The Morgan fingerprint density at radius 2 is 0.917 bits per heavy atom. The molecule has 0 radical (unpaired) electrons. The van der Waals surface area contributed by atoms with Crippen LogP contribution < -0.4 is -0.342 Å². The third-order valence-electron chi connectivity index (χ3n) is 1.24. The van der Waals surface area contributed by atoms with Gasteiger partial charge in [0.15, 0.2) is 0 Å². The quantitative estimate of drug-likeness (QED) is 0.501. The van der Waals surface area contributed by atoms with E-state index in [0.29, 0.717) is -0.342 Å². The normalized spacial score (nSPS) is 11.1. The Morgan fingerprint density at radius 1 is 0.667 bits per heavy atom. The zero-order valence-corrected chi connectivity index (χ0v) is 14.4. The van der Waals surface area contributed by atoms with Crippen LogP contribution in [-0.4, -0.2) is 75.8 Å². The standard InChI is InChI=1S/C6H4FO.3BF4.K/c7-5-2-1-3-6(8)4-5;3*2-1(3,4)5;/h1-3,8H;;;;/q;3*-1;. The van der Waals surface area contributed by atoms with Gasteiger partial charge < -0.3 is 51.8 Å². The maximum absolute atomic E-state index is 12.5. The number of halogens is 13. The van der Waals surface area contributed by atoms with E-state index in [2.05, 4.69) is 0 Å². The number of aromatic hydroxyl groups is 1. The van der Waals surface area contributed by atoms with Crippen LogP contribution >= 0.6 is 0 Å². The summed E-state index contributed by atoms with van der Waals surface area (Å²) in [5, 5.41) is 8.91. The summed E-state index contributed by atoms with van der Waals surface area (Å²) >= 11 is 0.211. The van der Waals surface area contributed by atoms with Crippen molar-refractivity contribution in [3.63, 3.8) is 0 Å². The van der Waals surface area contributed by atoms with Crippen molar-refractivity contribution < 1.29 is 61.3 Å². The molecule has 0 spiro atoms. The Morgan fingerprint density at radius 3 is 1.08 bits per heavy atom. The molecule has 0 heterocycles. The number of hydrogen-bond acceptors (Lipinski definition) is 1. The molecule has 0 saturated carbocycles. The van der Waals surface area contributed by atoms with Crippen LogP contribution in [0.4, 0.5) is 56.2 Å². The number of phenolic OH excluding ortho intramolecular Hbond substituents is 1. The van der Waals surface area contributed by atoms with Gasteiger partial charge >= 0.3 is 110 Å². The molecule has 1 N–H and O–H groups in total. The van der Waals surface area contributed by atoms with E-state index >= 15 is 0 Å². The van der Waals surface area contributed by atoms with Crippen molar-refractivity contribution in [2.24, 2.45) is 0 Å². The van der Waals surface area contributed by atoms with Gasteiger partial charge in [-0.15, -0.1) is 0 Å². The van der Waals surface area contributed by atoms with E-state index in [1.54, 1.807) is 0 Å². The van der Waals surface area contributed by atoms with Crippen LogP contribution in [0.2, 0.25) is 0 Å². The van der Waals surface area contributed by atoms with Gasteiger partial charge in [-0.05, 0) is 0 Å². The summed E-state index contributed by atoms with van der Waals surface area (Å²) < 4.78 is 130. The molecule has 0 aliphatic rings. The van der Waals surface area contributed by atoms with Crippen LogP contribution in [-0.2, 0) is 0 Å². The SMILES string of the molecule is F[B-](F)(F)F.F[B-](F)(F)F.F[B-](F)(F)F.Oc1cccc(F)[c]1[K]. The van der Waals surface area contributed by atoms with Gasteiger partial charge in [0.25, 0.3) is 0 Å². The van der Waals surface area contributed by atoms with Crippen LogP contribution in [0.3, 0.4) is 0 Å². The predicted octanol–water partition coefficient (Wildman–Crippen LogP) is 4.23. The topological polar surface area (TPSA) is 20.2 Å². The Labute approximate surface area is 160 Å². The molecule has 18 heteroatoms. The van der Waals surface area contributed by atoms with Crippen molar-refractivity contribution in [3.05, 3.63) is 24.0 Å². The molecule has 0 unspecified atom stereocenters. The van der Waals surface area contributed by atoms with E-state index in [4.69, 9.17) is 5.11 Å². The fourth-order valence-corrected chi connectivity index (χ4v) is 1.12. The molecular weight excluding hydrogens is 407 g/mol. The molecule has 0 saturated heterocycles. The zero-order chi connectivity index (χ0) is 20.4. The summed E-state index contributed by atoms with van der Waals surface area (Å²) in [7, 11) is -18.0. The van der Waals surface area contributed by atoms with Crippen molar-refractivity contribution in [1.82, 2.24) is 0 Å². The summed E-state index contributed by atoms with van der Waals surface area (Å²) in [6.45, 7) is 0. The van der Waals surface area contributed by atoms with Crippen molar-refractivity contribution in [2.75, 3.05) is 0 Å². The van der Waals surface area contributed by atoms with Gasteiger partial charge in [-0.2, -0.15) is 0 Å². The van der Waals surface area contributed by atoms with E-state index in [-0.39, 0.29) is 60.5 Å². The molecule has 24 heavy (non-hydrogen) atoms. The van der Waals surface area contributed by atoms with E-state index in [1.807, 2.05) is 0 Å². The van der Waals surface area contributed by atoms with E-state index < -0.39 is 21.8 Å². The molecule has 0 amide bonds. The molecule has 0 aliphatic heterocycles. The third-order valence-corrected chi connectivity index (χ3v) is 2.78. The second-order valence-electron chi connectivity index (χ2n) is 3.37. The molecule has 1 nitrogen and oxygen atoms in total. The van der Waals surface area contributed by atoms with Crippen molar-refractivity contribution >= 4 is 70.4 Å². The van der Waals surface area contributed by atoms with Crippen molar-refractivity contribution in [1.29, 1.82) is 0 Å². The van der Waals surface area contributed by atoms with Gasteiger partial charge in [0.2, 0.25) is 0 Å². The van der Waals surface area contributed by atoms with E-state index in [9.17, 15) is 56.2 Å². The van der Waals surface area contributed by atoms with Gasteiger partial charge in [-0.25, -0.2) is 0 Å². The predicted molar refractivity (Wildman–Crippen MR) is 64.0 cm³/mol. The second-order valence-corrected chi connectivity index (χ2v) is 4.93. The van der Waals surface area contributed by atoms with Gasteiger partial charge in [0.1, 0.15) is 0 Å². The summed E-state index contributed by atoms with van der Waals surface area (Å²) in [6.07, 6.45) is 0. The van der Waals surface area contributed by atoms with Gasteiger partial charge in [-0.3, -0.25) is 0 Å². The van der Waals surface area contributed by atoms with Crippen LogP contribution in [0.15, 0.2) is 18.2 Å². The minimum absolute atomic E-state index is 0.0926. The molecule has 1 aromatic rings. The Balaban J connectivity index is -0.000000259. The zero-order valence-electron chi connectivity index (χ0n) is 11.3. The van der Waals surface area contributed by atoms with Crippen LogP contribution in [0, 0.1) is 5.82 Å². The molecule has 0 aliphatic carbocycles. The molecule has 0 atom stereocenters. The minimum atomic E-state index is -6.00. The summed E-state index contributed by atoms with van der Waals surface area (Å²) in [4.78, 5) is 0. The summed E-state index contributed by atoms with van der Waals surface area (Å²) in [6, 6.07) is 4.36. The van der Waals surface area contributed by atoms with Gasteiger partial charge in [0.05, 0.1) is 0 Å².